The molecule has 3 nitrogen and oxygen atoms in total. The van der Waals surface area contributed by atoms with E-state index in [1.807, 2.05) is 0 Å². The molecule has 5 heteroatoms. The van der Waals surface area contributed by atoms with Gasteiger partial charge in [-0.2, -0.15) is 0 Å². The first-order valence-corrected chi connectivity index (χ1v) is 13.0. The van der Waals surface area contributed by atoms with Crippen LogP contribution < -0.4 is 38.7 Å². The van der Waals surface area contributed by atoms with Crippen molar-refractivity contribution < 1.29 is 47.7 Å². The molecule has 1 aromatic rings. The lowest BCUT2D eigenvalue weighted by atomic mass is 10.1. The van der Waals surface area contributed by atoms with Crippen molar-refractivity contribution in [2.24, 2.45) is 0 Å². The third kappa shape index (κ3) is 19.9. The van der Waals surface area contributed by atoms with Crippen molar-refractivity contribution in [3.05, 3.63) is 29.3 Å². The molecule has 0 N–H and O–H groups in total. The van der Waals surface area contributed by atoms with Crippen molar-refractivity contribution in [3.8, 4) is 5.75 Å². The first kappa shape index (κ1) is 35.1. The second kappa shape index (κ2) is 19.1. The van der Waals surface area contributed by atoms with E-state index in [1.54, 1.807) is 0 Å². The molecule has 0 bridgehead atoms. The van der Waals surface area contributed by atoms with E-state index in [4.69, 9.17) is 4.74 Å². The van der Waals surface area contributed by atoms with Crippen molar-refractivity contribution in [2.45, 2.75) is 97.1 Å². The highest BCUT2D eigenvalue weighted by atomic mass is 79.9. The van der Waals surface area contributed by atoms with E-state index in [-0.39, 0.29) is 34.0 Å². The molecule has 0 aliphatic carbocycles. The minimum absolute atomic E-state index is 0. The zero-order valence-electron chi connectivity index (χ0n) is 22.9. The molecule has 1 aromatic carbocycles. The first-order chi connectivity index (χ1) is 14.6. The average molecular weight is 595 g/mol. The number of hydrogen-bond acceptors (Lipinski definition) is 1. The monoisotopic (exact) mass is 592 g/mol. The van der Waals surface area contributed by atoms with E-state index in [2.05, 4.69) is 67.4 Å². The summed E-state index contributed by atoms with van der Waals surface area (Å²) in [6.07, 6.45) is 16.6. The molecule has 1 rings (SSSR count). The maximum Gasteiger partial charge on any atom is 0.128 e. The van der Waals surface area contributed by atoms with Gasteiger partial charge in [0.15, 0.2) is 0 Å². The number of benzene rings is 1. The molecule has 0 aromatic heterocycles. The topological polar surface area (TPSA) is 9.23 Å². The predicted octanol–water partition coefficient (Wildman–Crippen LogP) is 1.19. The summed E-state index contributed by atoms with van der Waals surface area (Å²) >= 11 is 0. The molecule has 0 aliphatic heterocycles. The highest BCUT2D eigenvalue weighted by molar-refractivity contribution is 5.37. The van der Waals surface area contributed by atoms with Crippen molar-refractivity contribution >= 4 is 0 Å². The molecule has 0 saturated carbocycles. The molecule has 0 heterocycles. The fourth-order valence-electron chi connectivity index (χ4n) is 4.15. The number of rotatable bonds is 18. The summed E-state index contributed by atoms with van der Waals surface area (Å²) in [6.45, 7) is 5.16. The Kier molecular flexibility index (Phi) is 20.3. The third-order valence-corrected chi connectivity index (χ3v) is 5.69. The quantitative estimate of drug-likeness (QED) is 0.184. The Bertz CT molecular complexity index is 595. The zero-order valence-corrected chi connectivity index (χ0v) is 26.1. The van der Waals surface area contributed by atoms with E-state index >= 15 is 0 Å². The van der Waals surface area contributed by atoms with E-state index in [0.29, 0.717) is 0 Å². The van der Waals surface area contributed by atoms with Gasteiger partial charge in [-0.3, -0.25) is 0 Å². The smallest absolute Gasteiger partial charge is 0.128 e. The van der Waals surface area contributed by atoms with Gasteiger partial charge in [0.1, 0.15) is 18.8 Å². The minimum Gasteiger partial charge on any atom is -1.00 e. The van der Waals surface area contributed by atoms with Crippen LogP contribution in [-0.2, 0) is 13.1 Å². The van der Waals surface area contributed by atoms with E-state index in [0.717, 1.165) is 34.4 Å². The van der Waals surface area contributed by atoms with E-state index < -0.39 is 0 Å². The Morgan fingerprint density at radius 3 is 1.52 bits per heavy atom. The number of unbranched alkanes of at least 4 members (excludes halogenated alkanes) is 11. The summed E-state index contributed by atoms with van der Waals surface area (Å²) in [5, 5.41) is 0. The van der Waals surface area contributed by atoms with Crippen LogP contribution in [0.5, 0.6) is 5.75 Å². The van der Waals surface area contributed by atoms with Gasteiger partial charge in [-0.25, -0.2) is 0 Å². The number of nitrogens with zero attached hydrogens (tertiary/aromatic N) is 2. The standard InChI is InChI=1S/C28H54N2O.2BrH/c1-8-9-10-11-12-13-14-15-16-17-18-19-22-31-28-23-26(24-29(2,3)4)20-21-27(28)25-30(5,6)7;;/h20-21,23H,8-19,22,24-25H2,1-7H3;2*1H/q+2;;/p-2. The van der Waals surface area contributed by atoms with Crippen molar-refractivity contribution in [2.75, 3.05) is 48.9 Å². The summed E-state index contributed by atoms with van der Waals surface area (Å²) in [5.41, 5.74) is 2.69. The van der Waals surface area contributed by atoms with Crippen LogP contribution in [0.4, 0.5) is 0 Å². The van der Waals surface area contributed by atoms with Crippen LogP contribution >= 0.6 is 0 Å². The lowest BCUT2D eigenvalue weighted by Crippen LogP contribution is -3.00. The van der Waals surface area contributed by atoms with Gasteiger partial charge in [0.25, 0.3) is 0 Å². The Hall–Kier alpha value is -0.100. The van der Waals surface area contributed by atoms with Crippen LogP contribution in [0.2, 0.25) is 0 Å². The Balaban J connectivity index is 0. The van der Waals surface area contributed by atoms with Gasteiger partial charge < -0.3 is 47.7 Å². The van der Waals surface area contributed by atoms with Gasteiger partial charge >= 0.3 is 0 Å². The summed E-state index contributed by atoms with van der Waals surface area (Å²) in [4.78, 5) is 0. The largest absolute Gasteiger partial charge is 1.00 e. The van der Waals surface area contributed by atoms with Crippen LogP contribution in [0.1, 0.15) is 95.1 Å². The fraction of sp³-hybridized carbons (Fsp3) is 0.786. The number of halogens is 2. The highest BCUT2D eigenvalue weighted by Gasteiger charge is 2.16. The molecule has 0 amide bonds. The molecule has 0 saturated heterocycles. The van der Waals surface area contributed by atoms with Gasteiger partial charge in [0.05, 0.1) is 48.9 Å². The maximum absolute atomic E-state index is 6.31. The Labute approximate surface area is 228 Å². The fourth-order valence-corrected chi connectivity index (χ4v) is 4.15. The van der Waals surface area contributed by atoms with Crippen LogP contribution in [0.25, 0.3) is 0 Å². The highest BCUT2D eigenvalue weighted by Crippen LogP contribution is 2.25. The lowest BCUT2D eigenvalue weighted by Gasteiger charge is -2.27. The van der Waals surface area contributed by atoms with Gasteiger partial charge in [-0.1, -0.05) is 83.6 Å². The van der Waals surface area contributed by atoms with E-state index in [1.165, 1.54) is 88.2 Å². The SMILES string of the molecule is CCCCCCCCCCCCCCOc1cc(C[N+](C)(C)C)ccc1C[N+](C)(C)C.[Br-].[Br-]. The Morgan fingerprint density at radius 2 is 1.06 bits per heavy atom. The van der Waals surface area contributed by atoms with Gasteiger partial charge in [0, 0.05) is 11.1 Å². The molecule has 0 fully saturated rings. The first-order valence-electron chi connectivity index (χ1n) is 13.0. The second-order valence-electron chi connectivity index (χ2n) is 11.6. The number of quaternary nitrogens is 2. The molecular formula is C28H54Br2N2O. The number of ether oxygens (including phenoxy) is 1. The van der Waals surface area contributed by atoms with Crippen LogP contribution in [0, 0.1) is 0 Å². The van der Waals surface area contributed by atoms with Crippen molar-refractivity contribution in [1.82, 2.24) is 0 Å². The minimum atomic E-state index is 0. The van der Waals surface area contributed by atoms with Crippen molar-refractivity contribution in [3.63, 3.8) is 0 Å². The molecule has 0 aliphatic rings. The number of hydrogen-bond donors (Lipinski definition) is 0. The van der Waals surface area contributed by atoms with Crippen LogP contribution in [-0.4, -0.2) is 57.9 Å². The lowest BCUT2D eigenvalue weighted by molar-refractivity contribution is -0.884. The van der Waals surface area contributed by atoms with Gasteiger partial charge in [-0.05, 0) is 18.6 Å². The molecule has 33 heavy (non-hydrogen) atoms. The molecule has 0 unspecified atom stereocenters. The van der Waals surface area contributed by atoms with Crippen LogP contribution in [0.15, 0.2) is 18.2 Å². The maximum atomic E-state index is 6.31. The molecule has 0 atom stereocenters. The van der Waals surface area contributed by atoms with Gasteiger partial charge in [0.2, 0.25) is 0 Å². The second-order valence-corrected chi connectivity index (χ2v) is 11.6. The predicted molar refractivity (Wildman–Crippen MR) is 136 cm³/mol. The third-order valence-electron chi connectivity index (χ3n) is 5.69. The molecule has 0 spiro atoms. The average Bonchev–Trinajstić information content (AvgIpc) is 2.65. The molecule has 0 radical (unpaired) electrons. The zero-order chi connectivity index (χ0) is 23.2. The van der Waals surface area contributed by atoms with Gasteiger partial charge in [-0.15, -0.1) is 0 Å². The molecular weight excluding hydrogens is 540 g/mol. The van der Waals surface area contributed by atoms with Crippen LogP contribution in [0.3, 0.4) is 0 Å². The summed E-state index contributed by atoms with van der Waals surface area (Å²) in [5.74, 6) is 1.10. The van der Waals surface area contributed by atoms with E-state index in [9.17, 15) is 0 Å². The Morgan fingerprint density at radius 1 is 0.606 bits per heavy atom. The molecule has 196 valence electrons. The normalized spacial score (nSPS) is 11.6. The summed E-state index contributed by atoms with van der Waals surface area (Å²) in [6, 6.07) is 6.85. The summed E-state index contributed by atoms with van der Waals surface area (Å²) in [7, 11) is 13.5. The van der Waals surface area contributed by atoms with Crippen molar-refractivity contribution in [1.29, 1.82) is 0 Å². The summed E-state index contributed by atoms with van der Waals surface area (Å²) < 4.78 is 8.17.